The van der Waals surface area contributed by atoms with Gasteiger partial charge in [0.1, 0.15) is 0 Å². The molecule has 0 aromatic heterocycles. The SMILES string of the molecule is C[Si](C)[Si](C)(C)[Si](C)C. The third-order valence-electron chi connectivity index (χ3n) is 2.50. The first-order chi connectivity index (χ1) is 3.89. The summed E-state index contributed by atoms with van der Waals surface area (Å²) in [5, 5.41) is 0. The van der Waals surface area contributed by atoms with Gasteiger partial charge in [0, 0.05) is 23.7 Å². The van der Waals surface area contributed by atoms with Gasteiger partial charge in [-0.15, -0.1) is 0 Å². The van der Waals surface area contributed by atoms with E-state index in [0.29, 0.717) is 0 Å². The Morgan fingerprint density at radius 1 is 0.778 bits per heavy atom. The molecule has 0 aromatic carbocycles. The zero-order valence-corrected chi connectivity index (χ0v) is 10.5. The molecule has 0 N–H and O–H groups in total. The van der Waals surface area contributed by atoms with E-state index < -0.39 is 7.11 Å². The molecule has 0 aromatic rings. The summed E-state index contributed by atoms with van der Waals surface area (Å²) in [5.41, 5.74) is 0. The minimum atomic E-state index is -0.654. The van der Waals surface area contributed by atoms with Gasteiger partial charge < -0.3 is 0 Å². The molecule has 0 bridgehead atoms. The highest BCUT2D eigenvalue weighted by Crippen LogP contribution is 2.10. The fourth-order valence-corrected chi connectivity index (χ4v) is 13.5. The molecule has 0 nitrogen and oxygen atoms in total. The summed E-state index contributed by atoms with van der Waals surface area (Å²) in [6.07, 6.45) is 0. The summed E-state index contributed by atoms with van der Waals surface area (Å²) < 4.78 is 0. The van der Waals surface area contributed by atoms with Crippen molar-refractivity contribution in [2.45, 2.75) is 39.3 Å². The van der Waals surface area contributed by atoms with Crippen molar-refractivity contribution < 1.29 is 0 Å². The van der Waals surface area contributed by atoms with Gasteiger partial charge in [-0.05, 0) is 0 Å². The molecule has 9 heavy (non-hydrogen) atoms. The molecule has 0 atom stereocenters. The Balaban J connectivity index is 4.01. The maximum Gasteiger partial charge on any atom is 0.0307 e. The zero-order valence-electron chi connectivity index (χ0n) is 7.50. The van der Waals surface area contributed by atoms with Crippen molar-refractivity contribution in [1.29, 1.82) is 0 Å². The Bertz CT molecular complexity index is 76.3. The molecule has 0 unspecified atom stereocenters. The van der Waals surface area contributed by atoms with E-state index in [2.05, 4.69) is 39.3 Å². The van der Waals surface area contributed by atoms with Gasteiger partial charge in [-0.2, -0.15) is 0 Å². The van der Waals surface area contributed by atoms with Crippen molar-refractivity contribution >= 4 is 23.7 Å². The van der Waals surface area contributed by atoms with Gasteiger partial charge in [0.15, 0.2) is 0 Å². The van der Waals surface area contributed by atoms with Crippen LogP contribution in [0.1, 0.15) is 0 Å². The molecule has 0 aliphatic heterocycles. The third kappa shape index (κ3) is 2.39. The van der Waals surface area contributed by atoms with Gasteiger partial charge in [-0.1, -0.05) is 39.3 Å². The molecule has 0 aliphatic carbocycles. The van der Waals surface area contributed by atoms with Crippen LogP contribution in [0.2, 0.25) is 39.3 Å². The van der Waals surface area contributed by atoms with Crippen molar-refractivity contribution in [1.82, 2.24) is 0 Å². The highest BCUT2D eigenvalue weighted by atomic mass is 29.6. The fraction of sp³-hybridized carbons (Fsp3) is 1.00. The Hall–Kier alpha value is 0.651. The maximum absolute atomic E-state index is 2.57. The van der Waals surface area contributed by atoms with Crippen molar-refractivity contribution in [3.8, 4) is 0 Å². The summed E-state index contributed by atoms with van der Waals surface area (Å²) >= 11 is 0. The van der Waals surface area contributed by atoms with Crippen LogP contribution in [0.5, 0.6) is 0 Å². The fourth-order valence-electron chi connectivity index (χ4n) is 0.500. The van der Waals surface area contributed by atoms with E-state index in [1.54, 1.807) is 0 Å². The van der Waals surface area contributed by atoms with Gasteiger partial charge in [-0.3, -0.25) is 0 Å². The summed E-state index contributed by atoms with van der Waals surface area (Å²) in [7, 11) is -0.507. The highest BCUT2D eigenvalue weighted by molar-refractivity contribution is 7.58. The third-order valence-corrected chi connectivity index (χ3v) is 31.5. The molecule has 0 spiro atoms. The van der Waals surface area contributed by atoms with Crippen LogP contribution in [0.15, 0.2) is 0 Å². The first kappa shape index (κ1) is 9.65. The van der Waals surface area contributed by atoms with E-state index >= 15 is 0 Å². The molecule has 0 aliphatic rings. The van der Waals surface area contributed by atoms with Crippen molar-refractivity contribution in [3.63, 3.8) is 0 Å². The van der Waals surface area contributed by atoms with Crippen LogP contribution in [-0.2, 0) is 0 Å². The largest absolute Gasteiger partial charge is 0.0735 e. The van der Waals surface area contributed by atoms with Gasteiger partial charge in [-0.25, -0.2) is 0 Å². The average Bonchev–Trinajstić information content (AvgIpc) is 1.65. The molecule has 0 fully saturated rings. The van der Waals surface area contributed by atoms with Gasteiger partial charge in [0.2, 0.25) is 0 Å². The van der Waals surface area contributed by atoms with Gasteiger partial charge >= 0.3 is 0 Å². The Morgan fingerprint density at radius 3 is 1.00 bits per heavy atom. The van der Waals surface area contributed by atoms with E-state index in [1.165, 1.54) is 0 Å². The molecular formula is C6H18Si3. The minimum absolute atomic E-state index is 0.0738. The lowest BCUT2D eigenvalue weighted by Crippen LogP contribution is -2.52. The number of hydrogen-bond acceptors (Lipinski definition) is 0. The van der Waals surface area contributed by atoms with Gasteiger partial charge in [0.05, 0.1) is 0 Å². The zero-order chi connectivity index (χ0) is 7.65. The van der Waals surface area contributed by atoms with Crippen LogP contribution in [-0.4, -0.2) is 23.7 Å². The molecule has 3 heteroatoms. The van der Waals surface area contributed by atoms with Crippen molar-refractivity contribution in [3.05, 3.63) is 0 Å². The first-order valence-corrected chi connectivity index (χ1v) is 13.5. The number of rotatable bonds is 2. The number of hydrogen-bond donors (Lipinski definition) is 0. The Kier molecular flexibility index (Phi) is 3.39. The van der Waals surface area contributed by atoms with E-state index in [4.69, 9.17) is 0 Å². The lowest BCUT2D eigenvalue weighted by molar-refractivity contribution is 1.88. The van der Waals surface area contributed by atoms with Crippen LogP contribution in [0.4, 0.5) is 0 Å². The smallest absolute Gasteiger partial charge is 0.0307 e. The lowest BCUT2D eigenvalue weighted by atomic mass is 11.9. The van der Waals surface area contributed by atoms with Crippen molar-refractivity contribution in [2.24, 2.45) is 0 Å². The first-order valence-electron chi connectivity index (χ1n) is 3.50. The van der Waals surface area contributed by atoms with E-state index in [9.17, 15) is 0 Å². The van der Waals surface area contributed by atoms with Gasteiger partial charge in [0.25, 0.3) is 0 Å². The van der Waals surface area contributed by atoms with Crippen LogP contribution < -0.4 is 0 Å². The highest BCUT2D eigenvalue weighted by Gasteiger charge is 2.29. The van der Waals surface area contributed by atoms with Crippen molar-refractivity contribution in [2.75, 3.05) is 0 Å². The Labute approximate surface area is 63.5 Å². The van der Waals surface area contributed by atoms with Crippen LogP contribution in [0.25, 0.3) is 0 Å². The second-order valence-corrected chi connectivity index (χ2v) is 25.9. The van der Waals surface area contributed by atoms with Crippen LogP contribution in [0, 0.1) is 0 Å². The molecule has 2 radical (unpaired) electrons. The topological polar surface area (TPSA) is 0 Å². The quantitative estimate of drug-likeness (QED) is 0.564. The normalized spacial score (nSPS) is 13.3. The molecule has 54 valence electrons. The molecular weight excluding hydrogens is 156 g/mol. The summed E-state index contributed by atoms with van der Waals surface area (Å²) in [4.78, 5) is 0. The summed E-state index contributed by atoms with van der Waals surface area (Å²) in [5.74, 6) is 0. The monoisotopic (exact) mass is 174 g/mol. The lowest BCUT2D eigenvalue weighted by Gasteiger charge is -2.29. The second-order valence-electron chi connectivity index (χ2n) is 3.62. The van der Waals surface area contributed by atoms with E-state index in [1.807, 2.05) is 0 Å². The predicted octanol–water partition coefficient (Wildman–Crippen LogP) is 2.36. The standard InChI is InChI=1S/C6H18Si3/c1-7(2)9(5,6)8(3)4/h1-6H3. The van der Waals surface area contributed by atoms with E-state index in [0.717, 1.165) is 0 Å². The summed E-state index contributed by atoms with van der Waals surface area (Å²) in [6.45, 7) is 15.1. The minimum Gasteiger partial charge on any atom is -0.0735 e. The molecule has 0 saturated carbocycles. The molecule has 0 saturated heterocycles. The summed E-state index contributed by atoms with van der Waals surface area (Å²) in [6, 6.07) is 0. The van der Waals surface area contributed by atoms with Crippen LogP contribution >= 0.6 is 0 Å². The van der Waals surface area contributed by atoms with E-state index in [-0.39, 0.29) is 16.6 Å². The molecule has 0 amide bonds. The second kappa shape index (κ2) is 3.16. The predicted molar refractivity (Wildman–Crippen MR) is 52.4 cm³/mol. The van der Waals surface area contributed by atoms with Crippen LogP contribution in [0.3, 0.4) is 0 Å². The Morgan fingerprint density at radius 2 is 1.00 bits per heavy atom. The average molecular weight is 174 g/mol. The molecule has 0 heterocycles. The molecule has 0 rings (SSSR count). The maximum atomic E-state index is 2.57.